The van der Waals surface area contributed by atoms with Gasteiger partial charge >= 0.3 is 0 Å². The summed E-state index contributed by atoms with van der Waals surface area (Å²) in [5.74, 6) is -0.281. The van der Waals surface area contributed by atoms with Crippen LogP contribution in [-0.2, 0) is 21.4 Å². The maximum Gasteiger partial charge on any atom is 0.239 e. The summed E-state index contributed by atoms with van der Waals surface area (Å²) in [6.45, 7) is 0.628. The molecule has 1 fully saturated rings. The van der Waals surface area contributed by atoms with Crippen molar-refractivity contribution in [2.75, 3.05) is 13.1 Å². The monoisotopic (exact) mass is 386 g/mol. The van der Waals surface area contributed by atoms with Gasteiger partial charge in [-0.15, -0.1) is 0 Å². The lowest BCUT2D eigenvalue weighted by molar-refractivity contribution is -0.126. The van der Waals surface area contributed by atoms with Crippen LogP contribution >= 0.6 is 0 Å². The predicted molar refractivity (Wildman–Crippen MR) is 116 cm³/mol. The first-order chi connectivity index (χ1) is 14.2. The fraction of sp³-hybridized carbons (Fsp3) is 0.280. The summed E-state index contributed by atoms with van der Waals surface area (Å²) in [4.78, 5) is 24.7. The van der Waals surface area contributed by atoms with Crippen LogP contribution in [0, 0.1) is 0 Å². The molecule has 29 heavy (non-hydrogen) atoms. The minimum absolute atomic E-state index is 0.00840. The zero-order valence-electron chi connectivity index (χ0n) is 16.5. The highest BCUT2D eigenvalue weighted by Gasteiger charge is 2.38. The van der Waals surface area contributed by atoms with Gasteiger partial charge in [-0.2, -0.15) is 0 Å². The molecule has 148 valence electrons. The minimum Gasteiger partial charge on any atom is -0.354 e. The average molecular weight is 386 g/mol. The van der Waals surface area contributed by atoms with Gasteiger partial charge in [-0.1, -0.05) is 79.2 Å². The highest BCUT2D eigenvalue weighted by Crippen LogP contribution is 2.43. The topological polar surface area (TPSA) is 58.2 Å². The van der Waals surface area contributed by atoms with E-state index >= 15 is 0 Å². The van der Waals surface area contributed by atoms with Gasteiger partial charge in [0.1, 0.15) is 0 Å². The van der Waals surface area contributed by atoms with Gasteiger partial charge in [0.05, 0.1) is 13.0 Å². The van der Waals surface area contributed by atoms with Crippen LogP contribution < -0.4 is 10.6 Å². The van der Waals surface area contributed by atoms with Gasteiger partial charge in [0.2, 0.25) is 11.8 Å². The van der Waals surface area contributed by atoms with Gasteiger partial charge < -0.3 is 10.6 Å². The van der Waals surface area contributed by atoms with Gasteiger partial charge in [-0.25, -0.2) is 0 Å². The average Bonchev–Trinajstić information content (AvgIpc) is 2.72. The first-order valence-corrected chi connectivity index (χ1v) is 10.2. The molecule has 3 aromatic rings. The van der Waals surface area contributed by atoms with Crippen LogP contribution in [-0.4, -0.2) is 24.9 Å². The van der Waals surface area contributed by atoms with Crippen LogP contribution in [0.15, 0.2) is 72.8 Å². The van der Waals surface area contributed by atoms with E-state index in [0.29, 0.717) is 6.54 Å². The van der Waals surface area contributed by atoms with E-state index < -0.39 is 0 Å². The van der Waals surface area contributed by atoms with Crippen LogP contribution in [0.2, 0.25) is 0 Å². The number of fused-ring (bicyclic) bond motifs is 1. The number of benzene rings is 3. The van der Waals surface area contributed by atoms with Crippen LogP contribution in [0.3, 0.4) is 0 Å². The molecule has 2 amide bonds. The summed E-state index contributed by atoms with van der Waals surface area (Å²) in [5.41, 5.74) is 2.30. The summed E-state index contributed by atoms with van der Waals surface area (Å²) in [6, 6.07) is 24.3. The molecule has 4 rings (SSSR count). The molecule has 4 heteroatoms. The van der Waals surface area contributed by atoms with Crippen LogP contribution in [0.25, 0.3) is 10.8 Å². The molecule has 1 saturated carbocycles. The number of amides is 2. The zero-order valence-corrected chi connectivity index (χ0v) is 16.5. The summed E-state index contributed by atoms with van der Waals surface area (Å²) >= 11 is 0. The van der Waals surface area contributed by atoms with Crippen LogP contribution in [0.1, 0.15) is 30.4 Å². The van der Waals surface area contributed by atoms with E-state index in [2.05, 4.69) is 22.8 Å². The van der Waals surface area contributed by atoms with E-state index in [1.807, 2.05) is 60.7 Å². The standard InChI is InChI=1S/C25H26N2O2/c28-23(16-20-10-6-9-19-8-4-5-13-22(19)20)26-17-24(29)27-18-25(14-7-15-25)21-11-2-1-3-12-21/h1-6,8-13H,7,14-18H2,(H,26,28)(H,27,29). The minimum atomic E-state index is -0.141. The molecule has 0 radical (unpaired) electrons. The predicted octanol–water partition coefficient (Wildman–Crippen LogP) is 3.74. The summed E-state index contributed by atoms with van der Waals surface area (Å²) in [6.07, 6.45) is 3.63. The summed E-state index contributed by atoms with van der Waals surface area (Å²) < 4.78 is 0. The maximum absolute atomic E-state index is 12.4. The number of hydrogen-bond acceptors (Lipinski definition) is 2. The van der Waals surface area contributed by atoms with Crippen molar-refractivity contribution in [2.24, 2.45) is 0 Å². The largest absolute Gasteiger partial charge is 0.354 e. The molecule has 0 unspecified atom stereocenters. The number of nitrogens with one attached hydrogen (secondary N) is 2. The Morgan fingerprint density at radius 2 is 1.52 bits per heavy atom. The van der Waals surface area contributed by atoms with Gasteiger partial charge in [0.25, 0.3) is 0 Å². The zero-order chi connectivity index (χ0) is 20.1. The van der Waals surface area contributed by atoms with E-state index in [0.717, 1.165) is 29.2 Å². The maximum atomic E-state index is 12.4. The van der Waals surface area contributed by atoms with E-state index in [4.69, 9.17) is 0 Å². The third-order valence-corrected chi connectivity index (χ3v) is 6.00. The molecule has 0 bridgehead atoms. The second-order valence-electron chi connectivity index (χ2n) is 7.87. The first-order valence-electron chi connectivity index (χ1n) is 10.2. The SMILES string of the molecule is O=C(CNC(=O)Cc1cccc2ccccc12)NCC1(c2ccccc2)CCC1. The van der Waals surface area contributed by atoms with Crippen LogP contribution in [0.5, 0.6) is 0 Å². The third kappa shape index (κ3) is 4.32. The lowest BCUT2D eigenvalue weighted by atomic mass is 9.64. The Morgan fingerprint density at radius 1 is 0.793 bits per heavy atom. The fourth-order valence-corrected chi connectivity index (χ4v) is 4.15. The smallest absolute Gasteiger partial charge is 0.239 e. The lowest BCUT2D eigenvalue weighted by Gasteiger charge is -2.42. The van der Waals surface area contributed by atoms with Crippen molar-refractivity contribution in [3.8, 4) is 0 Å². The van der Waals surface area contributed by atoms with Gasteiger partial charge in [-0.05, 0) is 34.7 Å². The van der Waals surface area contributed by atoms with Crippen molar-refractivity contribution < 1.29 is 9.59 Å². The molecule has 3 aromatic carbocycles. The molecule has 1 aliphatic carbocycles. The van der Waals surface area contributed by atoms with Crippen molar-refractivity contribution in [3.05, 3.63) is 83.9 Å². The fourth-order valence-electron chi connectivity index (χ4n) is 4.15. The molecular formula is C25H26N2O2. The Morgan fingerprint density at radius 3 is 2.28 bits per heavy atom. The van der Waals surface area contributed by atoms with E-state index in [1.165, 1.54) is 12.0 Å². The molecule has 0 heterocycles. The Hall–Kier alpha value is -3.14. The van der Waals surface area contributed by atoms with Crippen LogP contribution in [0.4, 0.5) is 0 Å². The summed E-state index contributed by atoms with van der Waals surface area (Å²) in [5, 5.41) is 7.96. The number of rotatable bonds is 7. The summed E-state index contributed by atoms with van der Waals surface area (Å²) in [7, 11) is 0. The molecule has 0 aliphatic heterocycles. The first kappa shape index (κ1) is 19.2. The molecule has 0 saturated heterocycles. The van der Waals surface area contributed by atoms with Crippen molar-refractivity contribution in [1.29, 1.82) is 0 Å². The van der Waals surface area contributed by atoms with Crippen molar-refractivity contribution in [1.82, 2.24) is 10.6 Å². The van der Waals surface area contributed by atoms with Gasteiger partial charge in [0.15, 0.2) is 0 Å². The Kier molecular flexibility index (Phi) is 5.61. The quantitative estimate of drug-likeness (QED) is 0.650. The van der Waals surface area contributed by atoms with E-state index in [-0.39, 0.29) is 30.2 Å². The van der Waals surface area contributed by atoms with Crippen molar-refractivity contribution in [3.63, 3.8) is 0 Å². The lowest BCUT2D eigenvalue weighted by Crippen LogP contribution is -2.47. The number of hydrogen-bond donors (Lipinski definition) is 2. The highest BCUT2D eigenvalue weighted by atomic mass is 16.2. The molecule has 2 N–H and O–H groups in total. The molecule has 1 aliphatic rings. The molecular weight excluding hydrogens is 360 g/mol. The number of carbonyl (C=O) groups excluding carboxylic acids is 2. The third-order valence-electron chi connectivity index (χ3n) is 6.00. The Bertz CT molecular complexity index is 1000. The molecule has 0 aromatic heterocycles. The Balaban J connectivity index is 1.29. The molecule has 0 atom stereocenters. The van der Waals surface area contributed by atoms with E-state index in [9.17, 15) is 9.59 Å². The number of carbonyl (C=O) groups is 2. The van der Waals surface area contributed by atoms with Crippen molar-refractivity contribution in [2.45, 2.75) is 31.1 Å². The highest BCUT2D eigenvalue weighted by molar-refractivity contribution is 5.91. The molecule has 0 spiro atoms. The van der Waals surface area contributed by atoms with Gasteiger partial charge in [-0.3, -0.25) is 9.59 Å². The normalized spacial score (nSPS) is 14.8. The second kappa shape index (κ2) is 8.48. The second-order valence-corrected chi connectivity index (χ2v) is 7.87. The van der Waals surface area contributed by atoms with E-state index in [1.54, 1.807) is 0 Å². The van der Waals surface area contributed by atoms with Crippen molar-refractivity contribution >= 4 is 22.6 Å². The van der Waals surface area contributed by atoms with Gasteiger partial charge in [0, 0.05) is 12.0 Å². The Labute approximate surface area is 171 Å². The molecule has 4 nitrogen and oxygen atoms in total.